The molecule has 3 rings (SSSR count). The summed E-state index contributed by atoms with van der Waals surface area (Å²) in [6.07, 6.45) is 3.88. The fourth-order valence-corrected chi connectivity index (χ4v) is 5.42. The van der Waals surface area contributed by atoms with Crippen LogP contribution in [0.2, 0.25) is 0 Å². The van der Waals surface area contributed by atoms with E-state index in [1.54, 1.807) is 0 Å². The first-order valence-electron chi connectivity index (χ1n) is 12.3. The largest absolute Gasteiger partial charge is 0.465 e. The van der Waals surface area contributed by atoms with Crippen LogP contribution in [-0.4, -0.2) is 58.1 Å². The van der Waals surface area contributed by atoms with Crippen LogP contribution in [0.3, 0.4) is 0 Å². The van der Waals surface area contributed by atoms with Gasteiger partial charge in [0, 0.05) is 37.8 Å². The van der Waals surface area contributed by atoms with E-state index in [1.165, 1.54) is 10.5 Å². The fourth-order valence-electron chi connectivity index (χ4n) is 5.42. The van der Waals surface area contributed by atoms with Crippen LogP contribution in [0.5, 0.6) is 0 Å². The van der Waals surface area contributed by atoms with Crippen molar-refractivity contribution in [2.24, 2.45) is 17.8 Å². The summed E-state index contributed by atoms with van der Waals surface area (Å²) in [5.41, 5.74) is 0.807. The van der Waals surface area contributed by atoms with Crippen molar-refractivity contribution < 1.29 is 14.7 Å². The third-order valence-electron chi connectivity index (χ3n) is 7.23. The Balaban J connectivity index is 1.61. The molecule has 1 aromatic rings. The lowest BCUT2D eigenvalue weighted by atomic mass is 9.95. The van der Waals surface area contributed by atoms with Gasteiger partial charge in [0.2, 0.25) is 5.91 Å². The number of hydrogen-bond donors (Lipinski definition) is 2. The second-order valence-electron chi connectivity index (χ2n) is 10.7. The summed E-state index contributed by atoms with van der Waals surface area (Å²) in [6.45, 7) is 11.1. The van der Waals surface area contributed by atoms with Crippen LogP contribution < -0.4 is 5.32 Å². The fraction of sp³-hybridized carbons (Fsp3) is 0.692. The number of rotatable bonds is 9. The maximum atomic E-state index is 13.3. The van der Waals surface area contributed by atoms with Crippen molar-refractivity contribution in [3.8, 4) is 0 Å². The molecule has 178 valence electrons. The Bertz CT molecular complexity index is 761. The van der Waals surface area contributed by atoms with E-state index in [2.05, 4.69) is 41.4 Å². The topological polar surface area (TPSA) is 72.9 Å². The third kappa shape index (κ3) is 6.25. The van der Waals surface area contributed by atoms with Gasteiger partial charge in [-0.1, -0.05) is 50.1 Å². The minimum absolute atomic E-state index is 0.0288. The van der Waals surface area contributed by atoms with Crippen LogP contribution >= 0.6 is 0 Å². The van der Waals surface area contributed by atoms with Gasteiger partial charge in [-0.2, -0.15) is 0 Å². The van der Waals surface area contributed by atoms with Crippen LogP contribution in [-0.2, 0) is 11.3 Å². The first kappa shape index (κ1) is 24.6. The summed E-state index contributed by atoms with van der Waals surface area (Å²) >= 11 is 0. The molecule has 1 aliphatic carbocycles. The zero-order valence-corrected chi connectivity index (χ0v) is 20.2. The Kier molecular flexibility index (Phi) is 8.21. The molecular formula is C26H41N3O3. The second-order valence-corrected chi connectivity index (χ2v) is 10.7. The number of carbonyl (C=O) groups excluding carboxylic acids is 1. The number of likely N-dealkylation sites (tertiary alicyclic amines) is 1. The maximum Gasteiger partial charge on any atom is 0.407 e. The van der Waals surface area contributed by atoms with Crippen molar-refractivity contribution >= 4 is 12.0 Å². The van der Waals surface area contributed by atoms with Crippen molar-refractivity contribution in [2.45, 2.75) is 77.9 Å². The Labute approximate surface area is 193 Å². The van der Waals surface area contributed by atoms with E-state index in [4.69, 9.17) is 0 Å². The summed E-state index contributed by atoms with van der Waals surface area (Å²) < 4.78 is 0. The van der Waals surface area contributed by atoms with Gasteiger partial charge in [0.25, 0.3) is 0 Å². The summed E-state index contributed by atoms with van der Waals surface area (Å²) in [6, 6.07) is 10.8. The van der Waals surface area contributed by atoms with Crippen molar-refractivity contribution in [3.63, 3.8) is 0 Å². The summed E-state index contributed by atoms with van der Waals surface area (Å²) in [5.74, 6) is 0.864. The number of hydrogen-bond acceptors (Lipinski definition) is 3. The van der Waals surface area contributed by atoms with Crippen LogP contribution in [0.15, 0.2) is 30.3 Å². The van der Waals surface area contributed by atoms with E-state index in [0.717, 1.165) is 51.7 Å². The molecule has 32 heavy (non-hydrogen) atoms. The van der Waals surface area contributed by atoms with E-state index < -0.39 is 11.6 Å². The number of fused-ring (bicyclic) bond motifs is 1. The molecule has 1 heterocycles. The molecular weight excluding hydrogens is 402 g/mol. The van der Waals surface area contributed by atoms with Crippen molar-refractivity contribution in [3.05, 3.63) is 35.9 Å². The SMILES string of the molecule is CCCC[C@@H](CN(C(=O)O)C(C)(C)C)C(=O)N[C@H]1CC[C@@H]2CN(Cc3ccccc3)C[C@@H]21. The molecule has 2 amide bonds. The molecule has 0 unspecified atom stereocenters. The van der Waals surface area contributed by atoms with Gasteiger partial charge in [0.1, 0.15) is 0 Å². The Hall–Kier alpha value is -2.08. The van der Waals surface area contributed by atoms with E-state index in [-0.39, 0.29) is 24.4 Å². The number of amides is 2. The lowest BCUT2D eigenvalue weighted by Crippen LogP contribution is -2.51. The summed E-state index contributed by atoms with van der Waals surface area (Å²) in [4.78, 5) is 29.1. The van der Waals surface area contributed by atoms with Crippen LogP contribution in [0.4, 0.5) is 4.79 Å². The van der Waals surface area contributed by atoms with E-state index in [0.29, 0.717) is 11.8 Å². The first-order valence-corrected chi connectivity index (χ1v) is 12.3. The molecule has 0 aromatic heterocycles. The molecule has 1 saturated carbocycles. The van der Waals surface area contributed by atoms with Crippen LogP contribution in [0.1, 0.15) is 65.4 Å². The average Bonchev–Trinajstić information content (AvgIpc) is 3.28. The Morgan fingerprint density at radius 3 is 2.53 bits per heavy atom. The summed E-state index contributed by atoms with van der Waals surface area (Å²) in [5, 5.41) is 13.1. The number of unbranched alkanes of at least 4 members (excludes halogenated alkanes) is 1. The minimum atomic E-state index is -0.958. The van der Waals surface area contributed by atoms with E-state index >= 15 is 0 Å². The molecule has 0 radical (unpaired) electrons. The van der Waals surface area contributed by atoms with Gasteiger partial charge >= 0.3 is 6.09 Å². The molecule has 0 bridgehead atoms. The quantitative estimate of drug-likeness (QED) is 0.585. The smallest absolute Gasteiger partial charge is 0.407 e. The van der Waals surface area contributed by atoms with Gasteiger partial charge in [0.05, 0.1) is 5.92 Å². The number of benzene rings is 1. The van der Waals surface area contributed by atoms with Gasteiger partial charge < -0.3 is 15.3 Å². The van der Waals surface area contributed by atoms with Gasteiger partial charge in [-0.15, -0.1) is 0 Å². The van der Waals surface area contributed by atoms with Gasteiger partial charge in [0.15, 0.2) is 0 Å². The molecule has 1 saturated heterocycles. The standard InChI is InChI=1S/C26H41N3O3/c1-5-6-12-21(17-29(25(31)32)26(2,3)4)24(30)27-23-14-13-20-16-28(18-22(20)23)15-19-10-8-7-9-11-19/h7-11,20-23H,5-6,12-18H2,1-4H3,(H,27,30)(H,31,32)/t20-,21+,22+,23+/m1/s1. The molecule has 2 fully saturated rings. The van der Waals surface area contributed by atoms with Gasteiger partial charge in [-0.05, 0) is 57.4 Å². The van der Waals surface area contributed by atoms with E-state index in [1.807, 2.05) is 26.8 Å². The molecule has 0 spiro atoms. The molecule has 2 N–H and O–H groups in total. The number of nitrogens with one attached hydrogen (secondary N) is 1. The average molecular weight is 444 g/mol. The van der Waals surface area contributed by atoms with Crippen LogP contribution in [0.25, 0.3) is 0 Å². The highest BCUT2D eigenvalue weighted by molar-refractivity contribution is 5.80. The normalized spacial score (nSPS) is 24.2. The molecule has 4 atom stereocenters. The highest BCUT2D eigenvalue weighted by Gasteiger charge is 2.43. The number of carbonyl (C=O) groups is 2. The van der Waals surface area contributed by atoms with Crippen LogP contribution in [0, 0.1) is 17.8 Å². The molecule has 1 aliphatic heterocycles. The zero-order chi connectivity index (χ0) is 23.3. The summed E-state index contributed by atoms with van der Waals surface area (Å²) in [7, 11) is 0. The van der Waals surface area contributed by atoms with Gasteiger partial charge in [-0.25, -0.2) is 4.79 Å². The molecule has 6 heteroatoms. The Morgan fingerprint density at radius 1 is 1.19 bits per heavy atom. The highest BCUT2D eigenvalue weighted by Crippen LogP contribution is 2.39. The molecule has 2 aliphatic rings. The molecule has 1 aromatic carbocycles. The number of carboxylic acid groups (broad SMARTS) is 1. The Morgan fingerprint density at radius 2 is 1.91 bits per heavy atom. The second kappa shape index (κ2) is 10.7. The van der Waals surface area contributed by atoms with E-state index in [9.17, 15) is 14.7 Å². The molecule has 6 nitrogen and oxygen atoms in total. The monoisotopic (exact) mass is 443 g/mol. The maximum absolute atomic E-state index is 13.3. The minimum Gasteiger partial charge on any atom is -0.465 e. The number of nitrogens with zero attached hydrogens (tertiary/aromatic N) is 2. The lowest BCUT2D eigenvalue weighted by Gasteiger charge is -2.36. The predicted octanol–water partition coefficient (Wildman–Crippen LogP) is 4.60. The zero-order valence-electron chi connectivity index (χ0n) is 20.2. The first-order chi connectivity index (χ1) is 15.2. The predicted molar refractivity (Wildman–Crippen MR) is 127 cm³/mol. The van der Waals surface area contributed by atoms with Crippen molar-refractivity contribution in [2.75, 3.05) is 19.6 Å². The third-order valence-corrected chi connectivity index (χ3v) is 7.23. The van der Waals surface area contributed by atoms with Gasteiger partial charge in [-0.3, -0.25) is 9.69 Å². The highest BCUT2D eigenvalue weighted by atomic mass is 16.4. The van der Waals surface area contributed by atoms with Crippen molar-refractivity contribution in [1.82, 2.24) is 15.1 Å². The lowest BCUT2D eigenvalue weighted by molar-refractivity contribution is -0.127. The van der Waals surface area contributed by atoms with Crippen molar-refractivity contribution in [1.29, 1.82) is 0 Å².